The number of allylic oxidation sites excluding steroid dienone is 1. The Morgan fingerprint density at radius 2 is 1.93 bits per heavy atom. The summed E-state index contributed by atoms with van der Waals surface area (Å²) in [5.41, 5.74) is 2.90. The van der Waals surface area contributed by atoms with Crippen molar-refractivity contribution in [3.05, 3.63) is 41.5 Å². The molecule has 1 atom stereocenters. The molecule has 0 aromatic heterocycles. The summed E-state index contributed by atoms with van der Waals surface area (Å²) in [5, 5.41) is 0. The summed E-state index contributed by atoms with van der Waals surface area (Å²) in [7, 11) is 0. The average Bonchev–Trinajstić information content (AvgIpc) is 2.62. The van der Waals surface area contributed by atoms with Crippen LogP contribution in [0.3, 0.4) is 0 Å². The SMILES string of the molecule is CCC1C=Cc2ccccc21.[F][Ti][F]. The van der Waals surface area contributed by atoms with Crippen molar-refractivity contribution in [3.8, 4) is 0 Å². The summed E-state index contributed by atoms with van der Waals surface area (Å²) >= 11 is -2.50. The monoisotopic (exact) mass is 230 g/mol. The van der Waals surface area contributed by atoms with Gasteiger partial charge < -0.3 is 0 Å². The number of hydrogen-bond donors (Lipinski definition) is 0. The summed E-state index contributed by atoms with van der Waals surface area (Å²) in [6, 6.07) is 8.63. The molecule has 1 unspecified atom stereocenters. The fourth-order valence-electron chi connectivity index (χ4n) is 1.68. The van der Waals surface area contributed by atoms with Crippen molar-refractivity contribution in [3.63, 3.8) is 0 Å². The van der Waals surface area contributed by atoms with Crippen LogP contribution in [0.1, 0.15) is 30.4 Å². The molecule has 0 N–H and O–H groups in total. The molecule has 14 heavy (non-hydrogen) atoms. The van der Waals surface area contributed by atoms with Crippen molar-refractivity contribution < 1.29 is 26.4 Å². The molecule has 1 aromatic rings. The number of fused-ring (bicyclic) bond motifs is 1. The summed E-state index contributed by atoms with van der Waals surface area (Å²) < 4.78 is 19.5. The van der Waals surface area contributed by atoms with Crippen LogP contribution in [0.25, 0.3) is 6.08 Å². The first-order valence-corrected chi connectivity index (χ1v) is 5.75. The molecule has 0 saturated carbocycles. The van der Waals surface area contributed by atoms with Crippen molar-refractivity contribution in [2.24, 2.45) is 0 Å². The second kappa shape index (κ2) is 6.10. The van der Waals surface area contributed by atoms with Crippen molar-refractivity contribution in [2.45, 2.75) is 19.3 Å². The molecule has 1 aromatic carbocycles. The Labute approximate surface area is 93.3 Å². The van der Waals surface area contributed by atoms with Gasteiger partial charge in [0.05, 0.1) is 0 Å². The Morgan fingerprint density at radius 3 is 2.57 bits per heavy atom. The Kier molecular flexibility index (Phi) is 5.06. The van der Waals surface area contributed by atoms with Gasteiger partial charge in [-0.05, 0) is 17.5 Å². The molecule has 0 nitrogen and oxygen atoms in total. The molecule has 0 amide bonds. The molecule has 1 aliphatic rings. The number of halogens is 2. The topological polar surface area (TPSA) is 0 Å². The van der Waals surface area contributed by atoms with Crippen LogP contribution in [-0.4, -0.2) is 0 Å². The van der Waals surface area contributed by atoms with Gasteiger partial charge in [-0.1, -0.05) is 43.3 Å². The number of benzene rings is 1. The van der Waals surface area contributed by atoms with Crippen molar-refractivity contribution in [2.75, 3.05) is 0 Å². The van der Waals surface area contributed by atoms with E-state index in [-0.39, 0.29) is 0 Å². The van der Waals surface area contributed by atoms with Crippen LogP contribution in [0.2, 0.25) is 0 Å². The molecule has 0 saturated heterocycles. The third-order valence-corrected chi connectivity index (χ3v) is 2.34. The van der Waals surface area contributed by atoms with E-state index >= 15 is 0 Å². The van der Waals surface area contributed by atoms with Crippen LogP contribution in [0, 0.1) is 0 Å². The maximum absolute atomic E-state index is 9.75. The molecule has 0 spiro atoms. The molecule has 2 rings (SSSR count). The van der Waals surface area contributed by atoms with Gasteiger partial charge in [-0.2, -0.15) is 0 Å². The van der Waals surface area contributed by atoms with Crippen LogP contribution in [-0.2, 0) is 20.2 Å². The number of rotatable bonds is 1. The first kappa shape index (κ1) is 11.6. The molecule has 0 fully saturated rings. The van der Waals surface area contributed by atoms with Gasteiger partial charge in [0.1, 0.15) is 0 Å². The zero-order valence-corrected chi connectivity index (χ0v) is 9.57. The molecule has 0 radical (unpaired) electrons. The second-order valence-corrected chi connectivity index (χ2v) is 3.30. The maximum atomic E-state index is 9.75. The normalized spacial score (nSPS) is 16.9. The fraction of sp³-hybridized carbons (Fsp3) is 0.273. The van der Waals surface area contributed by atoms with E-state index in [4.69, 9.17) is 0 Å². The van der Waals surface area contributed by atoms with Crippen LogP contribution >= 0.6 is 0 Å². The van der Waals surface area contributed by atoms with Crippen molar-refractivity contribution >= 4 is 6.08 Å². The van der Waals surface area contributed by atoms with Gasteiger partial charge in [0.2, 0.25) is 0 Å². The van der Waals surface area contributed by atoms with Gasteiger partial charge in [-0.25, -0.2) is 0 Å². The first-order valence-electron chi connectivity index (χ1n) is 4.56. The van der Waals surface area contributed by atoms with E-state index in [2.05, 4.69) is 43.3 Å². The predicted octanol–water partition coefficient (Wildman–Crippen LogP) is 4.04. The van der Waals surface area contributed by atoms with E-state index in [0.29, 0.717) is 5.92 Å². The van der Waals surface area contributed by atoms with Crippen LogP contribution in [0.5, 0.6) is 0 Å². The van der Waals surface area contributed by atoms with Crippen molar-refractivity contribution in [1.82, 2.24) is 0 Å². The first-order chi connectivity index (χ1) is 6.83. The summed E-state index contributed by atoms with van der Waals surface area (Å²) in [6.07, 6.45) is 5.74. The van der Waals surface area contributed by atoms with E-state index in [0.717, 1.165) is 0 Å². The summed E-state index contributed by atoms with van der Waals surface area (Å²) in [5.74, 6) is 0.672. The van der Waals surface area contributed by atoms with E-state index < -0.39 is 20.2 Å². The minimum atomic E-state index is -2.50. The van der Waals surface area contributed by atoms with Gasteiger partial charge in [0.25, 0.3) is 0 Å². The molecule has 74 valence electrons. The predicted molar refractivity (Wildman–Crippen MR) is 50.7 cm³/mol. The average molecular weight is 230 g/mol. The Morgan fingerprint density at radius 1 is 1.29 bits per heavy atom. The van der Waals surface area contributed by atoms with Gasteiger partial charge in [0, 0.05) is 5.92 Å². The van der Waals surface area contributed by atoms with Crippen LogP contribution in [0.15, 0.2) is 30.3 Å². The van der Waals surface area contributed by atoms with Crippen LogP contribution in [0.4, 0.5) is 6.18 Å². The number of hydrogen-bond acceptors (Lipinski definition) is 0. The van der Waals surface area contributed by atoms with E-state index in [9.17, 15) is 6.18 Å². The summed E-state index contributed by atoms with van der Waals surface area (Å²) in [6.45, 7) is 2.23. The second-order valence-electron chi connectivity index (χ2n) is 3.07. The zero-order valence-electron chi connectivity index (χ0n) is 8.00. The van der Waals surface area contributed by atoms with Gasteiger partial charge >= 0.3 is 26.4 Å². The third kappa shape index (κ3) is 2.76. The van der Waals surface area contributed by atoms with Crippen LogP contribution < -0.4 is 0 Å². The third-order valence-electron chi connectivity index (χ3n) is 2.34. The summed E-state index contributed by atoms with van der Waals surface area (Å²) in [4.78, 5) is 0. The molecule has 3 heteroatoms. The van der Waals surface area contributed by atoms with Gasteiger partial charge in [-0.15, -0.1) is 0 Å². The standard InChI is InChI=1S/C11H12.2FH.Ti/c1-2-9-7-8-10-5-3-4-6-11(9)10;;;/h3-9H,2H2,1H3;2*1H;/q;;;+2/p-2. The molecular weight excluding hydrogens is 218 g/mol. The minimum absolute atomic E-state index is 0.672. The zero-order chi connectivity index (χ0) is 10.4. The molecule has 0 heterocycles. The molecular formula is C11H12F2Ti. The van der Waals surface area contributed by atoms with Gasteiger partial charge in [0.15, 0.2) is 0 Å². The Bertz CT molecular complexity index is 310. The van der Waals surface area contributed by atoms with E-state index in [1.165, 1.54) is 17.5 Å². The molecule has 0 bridgehead atoms. The molecule has 1 aliphatic carbocycles. The molecule has 0 aliphatic heterocycles. The van der Waals surface area contributed by atoms with Gasteiger partial charge in [-0.3, -0.25) is 0 Å². The van der Waals surface area contributed by atoms with E-state index in [1.54, 1.807) is 0 Å². The fourth-order valence-corrected chi connectivity index (χ4v) is 1.68. The van der Waals surface area contributed by atoms with Crippen molar-refractivity contribution in [1.29, 1.82) is 0 Å². The quantitative estimate of drug-likeness (QED) is 0.638. The Hall–Kier alpha value is -0.466. The Balaban J connectivity index is 0.000000293. The van der Waals surface area contributed by atoms with E-state index in [1.807, 2.05) is 0 Å².